The zero-order valence-electron chi connectivity index (χ0n) is 19.4. The summed E-state index contributed by atoms with van der Waals surface area (Å²) in [7, 11) is -2.51. The van der Waals surface area contributed by atoms with E-state index in [0.29, 0.717) is 24.4 Å². The number of amides is 2. The smallest absolute Gasteiger partial charge is 0.264 e. The summed E-state index contributed by atoms with van der Waals surface area (Å²) in [6.07, 6.45) is 1.37. The first kappa shape index (κ1) is 24.3. The molecule has 1 fully saturated rings. The number of benzene rings is 3. The molecule has 4 rings (SSSR count). The minimum atomic E-state index is -4.01. The molecule has 0 atom stereocenters. The van der Waals surface area contributed by atoms with Crippen molar-refractivity contribution in [2.24, 2.45) is 0 Å². The highest BCUT2D eigenvalue weighted by atomic mass is 32.2. The van der Waals surface area contributed by atoms with Crippen LogP contribution in [0.3, 0.4) is 0 Å². The quantitative estimate of drug-likeness (QED) is 0.493. The van der Waals surface area contributed by atoms with Crippen LogP contribution in [0.25, 0.3) is 0 Å². The largest absolute Gasteiger partial charge is 0.497 e. The number of para-hydroxylation sites is 1. The minimum Gasteiger partial charge on any atom is -0.497 e. The molecular weight excluding hydrogens is 466 g/mol. The van der Waals surface area contributed by atoms with E-state index < -0.39 is 15.9 Å². The zero-order chi connectivity index (χ0) is 24.8. The molecule has 0 radical (unpaired) electrons. The summed E-state index contributed by atoms with van der Waals surface area (Å²) in [4.78, 5) is 26.7. The normalized spacial score (nSPS) is 13.5. The number of hydrogen-bond donors (Lipinski definition) is 1. The second kappa shape index (κ2) is 10.6. The number of sulfonamides is 1. The molecule has 0 bridgehead atoms. The molecular formula is C26H27N3O5S. The molecule has 1 N–H and O–H groups in total. The fourth-order valence-corrected chi connectivity index (χ4v) is 5.35. The molecule has 0 aliphatic carbocycles. The van der Waals surface area contributed by atoms with Crippen LogP contribution in [0.5, 0.6) is 5.75 Å². The number of carbonyl (C=O) groups excluding carboxylic acids is 2. The van der Waals surface area contributed by atoms with E-state index in [9.17, 15) is 18.0 Å². The number of nitrogens with zero attached hydrogens (tertiary/aromatic N) is 2. The van der Waals surface area contributed by atoms with Crippen molar-refractivity contribution in [1.82, 2.24) is 5.32 Å². The molecule has 3 aromatic rings. The second-order valence-electron chi connectivity index (χ2n) is 8.12. The first-order valence-corrected chi connectivity index (χ1v) is 12.7. The maximum absolute atomic E-state index is 13.4. The zero-order valence-corrected chi connectivity index (χ0v) is 20.2. The van der Waals surface area contributed by atoms with Gasteiger partial charge in [-0.05, 0) is 60.5 Å². The molecule has 9 heteroatoms. The van der Waals surface area contributed by atoms with Crippen LogP contribution in [0.1, 0.15) is 18.4 Å². The predicted molar refractivity (Wildman–Crippen MR) is 134 cm³/mol. The van der Waals surface area contributed by atoms with Gasteiger partial charge in [0.05, 0.1) is 17.7 Å². The van der Waals surface area contributed by atoms with Gasteiger partial charge in [0.1, 0.15) is 12.3 Å². The van der Waals surface area contributed by atoms with E-state index in [-0.39, 0.29) is 23.9 Å². The van der Waals surface area contributed by atoms with Crippen LogP contribution < -0.4 is 19.3 Å². The van der Waals surface area contributed by atoms with Crippen LogP contribution in [0.15, 0.2) is 83.8 Å². The molecule has 1 saturated heterocycles. The highest BCUT2D eigenvalue weighted by molar-refractivity contribution is 7.92. The van der Waals surface area contributed by atoms with Crippen molar-refractivity contribution in [2.45, 2.75) is 24.3 Å². The Morgan fingerprint density at radius 1 is 1.03 bits per heavy atom. The SMILES string of the molecule is COc1ccc(S(=O)(=O)N(CC(=O)NCc2cccc(N3CCCC3=O)c2)c2ccccc2)cc1. The predicted octanol–water partition coefficient (Wildman–Crippen LogP) is 3.33. The third-order valence-corrected chi connectivity index (χ3v) is 7.55. The number of hydrogen-bond acceptors (Lipinski definition) is 5. The lowest BCUT2D eigenvalue weighted by Crippen LogP contribution is -2.40. The molecule has 182 valence electrons. The minimum absolute atomic E-state index is 0.0536. The average Bonchev–Trinajstić information content (AvgIpc) is 3.32. The van der Waals surface area contributed by atoms with E-state index in [1.165, 1.54) is 19.2 Å². The monoisotopic (exact) mass is 493 g/mol. The third kappa shape index (κ3) is 5.63. The standard InChI is InChI=1S/C26H27N3O5S/c1-34-23-12-14-24(15-13-23)35(32,33)29(21-8-3-2-4-9-21)19-25(30)27-18-20-7-5-10-22(17-20)28-16-6-11-26(28)31/h2-5,7-10,12-15,17H,6,11,16,18-19H2,1H3,(H,27,30). The van der Waals surface area contributed by atoms with E-state index >= 15 is 0 Å². The molecule has 35 heavy (non-hydrogen) atoms. The van der Waals surface area contributed by atoms with Crippen LogP contribution in [0.2, 0.25) is 0 Å². The van der Waals surface area contributed by atoms with Crippen molar-refractivity contribution in [3.8, 4) is 5.75 Å². The van der Waals surface area contributed by atoms with E-state index in [1.807, 2.05) is 24.3 Å². The highest BCUT2D eigenvalue weighted by Crippen LogP contribution is 2.25. The van der Waals surface area contributed by atoms with Gasteiger partial charge in [0.25, 0.3) is 10.0 Å². The molecule has 8 nitrogen and oxygen atoms in total. The molecule has 1 aliphatic rings. The van der Waals surface area contributed by atoms with Crippen molar-refractivity contribution < 1.29 is 22.7 Å². The van der Waals surface area contributed by atoms with E-state index in [1.54, 1.807) is 47.4 Å². The van der Waals surface area contributed by atoms with Gasteiger partial charge in [0.2, 0.25) is 11.8 Å². The van der Waals surface area contributed by atoms with Gasteiger partial charge in [-0.25, -0.2) is 8.42 Å². The maximum atomic E-state index is 13.4. The Morgan fingerprint density at radius 2 is 1.77 bits per heavy atom. The summed E-state index contributed by atoms with van der Waals surface area (Å²) in [6.45, 7) is 0.506. The van der Waals surface area contributed by atoms with Gasteiger partial charge in [-0.2, -0.15) is 0 Å². The van der Waals surface area contributed by atoms with Crippen molar-refractivity contribution in [3.05, 3.63) is 84.4 Å². The van der Waals surface area contributed by atoms with Gasteiger partial charge in [0, 0.05) is 25.2 Å². The number of rotatable bonds is 9. The Bertz CT molecular complexity index is 1290. The Morgan fingerprint density at radius 3 is 2.43 bits per heavy atom. The van der Waals surface area contributed by atoms with Gasteiger partial charge in [-0.3, -0.25) is 13.9 Å². The highest BCUT2D eigenvalue weighted by Gasteiger charge is 2.27. The van der Waals surface area contributed by atoms with Crippen LogP contribution in [-0.2, 0) is 26.2 Å². The Balaban J connectivity index is 1.50. The molecule has 1 aliphatic heterocycles. The van der Waals surface area contributed by atoms with Gasteiger partial charge < -0.3 is 15.0 Å². The summed E-state index contributed by atoms with van der Waals surface area (Å²) in [5.41, 5.74) is 2.00. The van der Waals surface area contributed by atoms with E-state index in [0.717, 1.165) is 22.0 Å². The Kier molecular flexibility index (Phi) is 7.36. The van der Waals surface area contributed by atoms with Crippen molar-refractivity contribution >= 4 is 33.2 Å². The van der Waals surface area contributed by atoms with E-state index in [4.69, 9.17) is 4.74 Å². The lowest BCUT2D eigenvalue weighted by atomic mass is 10.2. The molecule has 1 heterocycles. The second-order valence-corrected chi connectivity index (χ2v) is 9.98. The van der Waals surface area contributed by atoms with Crippen molar-refractivity contribution in [2.75, 3.05) is 29.4 Å². The van der Waals surface area contributed by atoms with Crippen LogP contribution >= 0.6 is 0 Å². The molecule has 0 spiro atoms. The first-order chi connectivity index (χ1) is 16.9. The summed E-state index contributed by atoms with van der Waals surface area (Å²) < 4.78 is 33.1. The first-order valence-electron chi connectivity index (χ1n) is 11.3. The molecule has 2 amide bonds. The fourth-order valence-electron chi connectivity index (χ4n) is 3.93. The number of anilines is 2. The van der Waals surface area contributed by atoms with Crippen LogP contribution in [0, 0.1) is 0 Å². The topological polar surface area (TPSA) is 96.0 Å². The molecule has 0 aromatic heterocycles. The Hall–Kier alpha value is -3.85. The summed E-state index contributed by atoms with van der Waals surface area (Å²) in [5.74, 6) is 0.174. The fraction of sp³-hybridized carbons (Fsp3) is 0.231. The van der Waals surface area contributed by atoms with Crippen LogP contribution in [-0.4, -0.2) is 40.4 Å². The van der Waals surface area contributed by atoms with Gasteiger partial charge in [-0.1, -0.05) is 30.3 Å². The summed E-state index contributed by atoms with van der Waals surface area (Å²) >= 11 is 0. The lowest BCUT2D eigenvalue weighted by molar-refractivity contribution is -0.120. The number of methoxy groups -OCH3 is 1. The third-order valence-electron chi connectivity index (χ3n) is 5.76. The van der Waals surface area contributed by atoms with Crippen molar-refractivity contribution in [1.29, 1.82) is 0 Å². The van der Waals surface area contributed by atoms with Gasteiger partial charge in [-0.15, -0.1) is 0 Å². The molecule has 0 saturated carbocycles. The van der Waals surface area contributed by atoms with Gasteiger partial charge in [0.15, 0.2) is 0 Å². The average molecular weight is 494 g/mol. The Labute approximate surface area is 205 Å². The van der Waals surface area contributed by atoms with E-state index in [2.05, 4.69) is 5.32 Å². The number of ether oxygens (including phenoxy) is 1. The lowest BCUT2D eigenvalue weighted by Gasteiger charge is -2.24. The molecule has 0 unspecified atom stereocenters. The molecule has 3 aromatic carbocycles. The summed E-state index contributed by atoms with van der Waals surface area (Å²) in [6, 6.07) is 22.0. The number of carbonyl (C=O) groups is 2. The van der Waals surface area contributed by atoms with Crippen LogP contribution in [0.4, 0.5) is 11.4 Å². The van der Waals surface area contributed by atoms with Crippen molar-refractivity contribution in [3.63, 3.8) is 0 Å². The summed E-state index contributed by atoms with van der Waals surface area (Å²) in [5, 5.41) is 2.80. The van der Waals surface area contributed by atoms with Gasteiger partial charge >= 0.3 is 0 Å². The maximum Gasteiger partial charge on any atom is 0.264 e. The number of nitrogens with one attached hydrogen (secondary N) is 1.